The van der Waals surface area contributed by atoms with Gasteiger partial charge in [-0.1, -0.05) is 15.9 Å². The predicted molar refractivity (Wildman–Crippen MR) is 162 cm³/mol. The smallest absolute Gasteiger partial charge is 0.340 e. The van der Waals surface area contributed by atoms with Gasteiger partial charge in [-0.15, -0.1) is 0 Å². The molecule has 7 nitrogen and oxygen atoms in total. The van der Waals surface area contributed by atoms with Crippen molar-refractivity contribution >= 4 is 115 Å². The molecule has 0 aromatic heterocycles. The van der Waals surface area contributed by atoms with Crippen LogP contribution >= 0.6 is 93.0 Å². The van der Waals surface area contributed by atoms with Crippen LogP contribution in [-0.2, 0) is 19.6 Å². The number of benzene rings is 2. The molecule has 0 saturated heterocycles. The molecule has 0 spiro atoms. The third-order valence-corrected chi connectivity index (χ3v) is 12.5. The van der Waals surface area contributed by atoms with E-state index in [0.29, 0.717) is 33.8 Å². The zero-order valence-corrected chi connectivity index (χ0v) is 28.8. The van der Waals surface area contributed by atoms with E-state index in [2.05, 4.69) is 47.8 Å². The predicted octanol–water partition coefficient (Wildman–Crippen LogP) is 7.53. The van der Waals surface area contributed by atoms with E-state index >= 15 is 0 Å². The van der Waals surface area contributed by atoms with Crippen molar-refractivity contribution in [2.75, 3.05) is 0 Å². The average molecular weight is 945 g/mol. The van der Waals surface area contributed by atoms with E-state index in [9.17, 15) is 22.6 Å². The van der Waals surface area contributed by atoms with Gasteiger partial charge in [0.25, 0.3) is 10.1 Å². The highest BCUT2D eigenvalue weighted by atomic mass is 127. The maximum absolute atomic E-state index is 13.7. The Hall–Kier alpha value is 0.190. The van der Waals surface area contributed by atoms with Gasteiger partial charge in [0.05, 0.1) is 11.0 Å². The van der Waals surface area contributed by atoms with Crippen molar-refractivity contribution in [3.05, 3.63) is 50.4 Å². The van der Waals surface area contributed by atoms with E-state index in [4.69, 9.17) is 9.47 Å². The van der Waals surface area contributed by atoms with Crippen LogP contribution in [0.25, 0.3) is 0 Å². The summed E-state index contributed by atoms with van der Waals surface area (Å²) in [5.74, 6) is -0.113. The molecule has 13 heteroatoms. The van der Waals surface area contributed by atoms with Crippen molar-refractivity contribution in [3.8, 4) is 5.75 Å². The zero-order chi connectivity index (χ0) is 26.9. The molecule has 0 heterocycles. The van der Waals surface area contributed by atoms with E-state index in [1.165, 1.54) is 12.1 Å². The van der Waals surface area contributed by atoms with E-state index in [-0.39, 0.29) is 35.6 Å². The van der Waals surface area contributed by atoms with Crippen LogP contribution in [0.2, 0.25) is 0 Å². The highest BCUT2D eigenvalue weighted by Crippen LogP contribution is 2.63. The van der Waals surface area contributed by atoms with Gasteiger partial charge in [-0.2, -0.15) is 8.42 Å². The van der Waals surface area contributed by atoms with Crippen molar-refractivity contribution in [1.82, 2.24) is 0 Å². The maximum Gasteiger partial charge on any atom is 0.340 e. The van der Waals surface area contributed by atoms with Crippen molar-refractivity contribution < 1.29 is 32.0 Å². The lowest BCUT2D eigenvalue weighted by Gasteiger charge is -2.59. The fourth-order valence-corrected chi connectivity index (χ4v) is 13.2. The summed E-state index contributed by atoms with van der Waals surface area (Å²) < 4.78 is 47.5. The van der Waals surface area contributed by atoms with Crippen LogP contribution in [0.1, 0.15) is 48.9 Å². The summed E-state index contributed by atoms with van der Waals surface area (Å²) in [6, 6.07) is 6.44. The number of rotatable bonds is 5. The van der Waals surface area contributed by atoms with Gasteiger partial charge >= 0.3 is 11.9 Å². The number of carbonyl (C=O) groups excluding carboxylic acids is 2. The number of hydrogen-bond acceptors (Lipinski definition) is 6. The lowest BCUT2D eigenvalue weighted by atomic mass is 9.48. The first-order chi connectivity index (χ1) is 17.2. The van der Waals surface area contributed by atoms with Gasteiger partial charge in [0, 0.05) is 27.0 Å². The van der Waals surface area contributed by atoms with Gasteiger partial charge < -0.3 is 9.47 Å². The Labute approximate surface area is 266 Å². The SMILES string of the molecule is O=C(OC12CC3CC(C1)CC(C(=O)Oc1cc(I)c(S(=O)(=O)O)c(I)c1)(C3)C2)c1c(Br)cc(Br)cc1Br. The first-order valence-corrected chi connectivity index (χ1v) is 17.2. The minimum atomic E-state index is -4.41. The fourth-order valence-electron chi connectivity index (χ4n) is 6.58. The zero-order valence-electron chi connectivity index (χ0n) is 18.9. The molecular formula is C24H19Br3I2O7S. The molecule has 0 amide bonds. The van der Waals surface area contributed by atoms with Crippen LogP contribution in [0.4, 0.5) is 0 Å². The van der Waals surface area contributed by atoms with Crippen molar-refractivity contribution in [2.45, 2.75) is 49.0 Å². The highest BCUT2D eigenvalue weighted by Gasteiger charge is 2.63. The molecule has 6 rings (SSSR count). The Morgan fingerprint density at radius 3 is 2.00 bits per heavy atom. The van der Waals surface area contributed by atoms with Gasteiger partial charge in [-0.3, -0.25) is 9.35 Å². The normalized spacial score (nSPS) is 28.3. The molecule has 1 N–H and O–H groups in total. The first kappa shape index (κ1) is 28.7. The number of halogens is 5. The fraction of sp³-hybridized carbons (Fsp3) is 0.417. The summed E-state index contributed by atoms with van der Waals surface area (Å²) in [7, 11) is -4.41. The Morgan fingerprint density at radius 2 is 1.49 bits per heavy atom. The topological polar surface area (TPSA) is 107 Å². The first-order valence-electron chi connectivity index (χ1n) is 11.3. The Kier molecular flexibility index (Phi) is 7.94. The molecule has 2 aromatic rings. The molecule has 0 aliphatic heterocycles. The average Bonchev–Trinajstić information content (AvgIpc) is 2.69. The molecule has 37 heavy (non-hydrogen) atoms. The molecule has 4 aliphatic carbocycles. The number of carbonyl (C=O) groups is 2. The van der Waals surface area contributed by atoms with E-state index in [0.717, 1.165) is 23.7 Å². The van der Waals surface area contributed by atoms with Gasteiger partial charge in [-0.25, -0.2) is 4.79 Å². The lowest BCUT2D eigenvalue weighted by Crippen LogP contribution is -2.60. The quantitative estimate of drug-likeness (QED) is 0.143. The standard InChI is InChI=1S/C24H19Br3I2O7S/c25-13-2-15(26)19(16(27)3-13)21(30)36-24-8-11-1-12(9-24)7-23(6-11,10-24)22(31)35-14-4-17(28)20(18(29)5-14)37(32,33)34/h2-5,11-12H,1,6-10H2,(H,32,33,34). The largest absolute Gasteiger partial charge is 0.455 e. The molecule has 2 unspecified atom stereocenters. The second kappa shape index (κ2) is 10.2. The minimum Gasteiger partial charge on any atom is -0.455 e. The summed E-state index contributed by atoms with van der Waals surface area (Å²) in [6.45, 7) is 0. The summed E-state index contributed by atoms with van der Waals surface area (Å²) in [6.07, 6.45) is 4.17. The molecular weight excluding hydrogens is 926 g/mol. The Bertz CT molecular complexity index is 1390. The van der Waals surface area contributed by atoms with Gasteiger partial charge in [0.15, 0.2) is 0 Å². The number of hydrogen-bond donors (Lipinski definition) is 1. The van der Waals surface area contributed by atoms with Crippen LogP contribution < -0.4 is 4.74 Å². The minimum absolute atomic E-state index is 0.209. The molecule has 2 atom stereocenters. The third-order valence-electron chi connectivity index (χ3n) is 7.40. The van der Waals surface area contributed by atoms with E-state index in [1.807, 2.05) is 0 Å². The van der Waals surface area contributed by atoms with Crippen molar-refractivity contribution in [2.24, 2.45) is 17.3 Å². The second-order valence-electron chi connectivity index (χ2n) is 10.1. The monoisotopic (exact) mass is 942 g/mol. The molecule has 4 bridgehead atoms. The molecule has 4 saturated carbocycles. The summed E-state index contributed by atoms with van der Waals surface area (Å²) in [4.78, 5) is 26.8. The van der Waals surface area contributed by atoms with Gasteiger partial charge in [0.1, 0.15) is 16.2 Å². The van der Waals surface area contributed by atoms with Crippen LogP contribution in [0.15, 0.2) is 42.6 Å². The number of ether oxygens (including phenoxy) is 2. The molecule has 198 valence electrons. The van der Waals surface area contributed by atoms with Crippen LogP contribution in [0.3, 0.4) is 0 Å². The number of esters is 2. The van der Waals surface area contributed by atoms with Crippen molar-refractivity contribution in [3.63, 3.8) is 0 Å². The molecule has 4 fully saturated rings. The second-order valence-corrected chi connectivity index (χ2v) is 16.4. The van der Waals surface area contributed by atoms with E-state index < -0.39 is 27.1 Å². The Balaban J connectivity index is 1.41. The van der Waals surface area contributed by atoms with Crippen LogP contribution in [0.5, 0.6) is 5.75 Å². The third kappa shape index (κ3) is 5.56. The molecule has 0 radical (unpaired) electrons. The molecule has 4 aliphatic rings. The summed E-state index contributed by atoms with van der Waals surface area (Å²) in [5.41, 5.74) is -1.13. The molecule has 2 aromatic carbocycles. The van der Waals surface area contributed by atoms with E-state index in [1.54, 1.807) is 57.3 Å². The summed E-state index contributed by atoms with van der Waals surface area (Å²) >= 11 is 13.9. The van der Waals surface area contributed by atoms with Crippen LogP contribution in [-0.4, -0.2) is 30.5 Å². The van der Waals surface area contributed by atoms with Gasteiger partial charge in [-0.05, 0) is 145 Å². The lowest BCUT2D eigenvalue weighted by molar-refractivity contribution is -0.189. The van der Waals surface area contributed by atoms with Gasteiger partial charge in [0.2, 0.25) is 0 Å². The summed E-state index contributed by atoms with van der Waals surface area (Å²) in [5, 5.41) is 0. The van der Waals surface area contributed by atoms with Crippen LogP contribution in [0, 0.1) is 24.4 Å². The maximum atomic E-state index is 13.7. The van der Waals surface area contributed by atoms with Crippen molar-refractivity contribution in [1.29, 1.82) is 0 Å². The Morgan fingerprint density at radius 1 is 0.946 bits per heavy atom. The highest BCUT2D eigenvalue weighted by molar-refractivity contribution is 14.1.